The summed E-state index contributed by atoms with van der Waals surface area (Å²) < 4.78 is 5.69. The molecule has 0 spiro atoms. The van der Waals surface area contributed by atoms with Crippen LogP contribution in [0.15, 0.2) is 0 Å². The Labute approximate surface area is 107 Å². The predicted octanol–water partition coefficient (Wildman–Crippen LogP) is 1.12. The second-order valence-corrected chi connectivity index (χ2v) is 5.54. The summed E-state index contributed by atoms with van der Waals surface area (Å²) in [5, 5.41) is 9.00. The average molecular weight is 255 g/mol. The Hall–Kier alpha value is -1.10. The van der Waals surface area contributed by atoms with Crippen molar-refractivity contribution in [3.8, 4) is 0 Å². The van der Waals surface area contributed by atoms with E-state index in [0.717, 1.165) is 6.42 Å². The van der Waals surface area contributed by atoms with Crippen LogP contribution in [0, 0.1) is 11.8 Å². The number of carbonyl (C=O) groups is 2. The van der Waals surface area contributed by atoms with Gasteiger partial charge in [0.25, 0.3) is 0 Å². The molecule has 2 fully saturated rings. The fourth-order valence-corrected chi connectivity index (χ4v) is 2.66. The Morgan fingerprint density at radius 3 is 2.56 bits per heavy atom. The molecule has 0 aromatic heterocycles. The number of carbonyl (C=O) groups excluding carboxylic acids is 1. The van der Waals surface area contributed by atoms with Crippen molar-refractivity contribution in [2.45, 2.75) is 38.7 Å². The van der Waals surface area contributed by atoms with E-state index in [1.807, 2.05) is 13.8 Å². The van der Waals surface area contributed by atoms with Gasteiger partial charge in [0, 0.05) is 13.1 Å². The number of amides is 1. The molecule has 0 aromatic rings. The number of aliphatic carboxylic acids is 1. The second-order valence-electron chi connectivity index (χ2n) is 5.54. The Morgan fingerprint density at radius 2 is 2.06 bits per heavy atom. The van der Waals surface area contributed by atoms with Crippen LogP contribution in [-0.2, 0) is 14.3 Å². The van der Waals surface area contributed by atoms with Crippen molar-refractivity contribution < 1.29 is 19.4 Å². The molecule has 102 valence electrons. The number of hydrogen-bond donors (Lipinski definition) is 1. The summed E-state index contributed by atoms with van der Waals surface area (Å²) in [6, 6.07) is 0. The zero-order valence-electron chi connectivity index (χ0n) is 11.0. The van der Waals surface area contributed by atoms with E-state index in [0.29, 0.717) is 32.5 Å². The fraction of sp³-hybridized carbons (Fsp3) is 0.846. The van der Waals surface area contributed by atoms with Crippen molar-refractivity contribution in [1.82, 2.24) is 4.90 Å². The van der Waals surface area contributed by atoms with E-state index in [1.54, 1.807) is 4.90 Å². The lowest BCUT2D eigenvalue weighted by atomic mass is 9.72. The molecule has 1 amide bonds. The molecular weight excluding hydrogens is 234 g/mol. The summed E-state index contributed by atoms with van der Waals surface area (Å²) in [5.41, 5.74) is -0.281. The molecule has 1 aliphatic carbocycles. The van der Waals surface area contributed by atoms with Gasteiger partial charge in [-0.1, -0.05) is 6.92 Å². The van der Waals surface area contributed by atoms with Gasteiger partial charge in [0.2, 0.25) is 5.91 Å². The van der Waals surface area contributed by atoms with Crippen molar-refractivity contribution in [1.29, 1.82) is 0 Å². The molecule has 1 saturated heterocycles. The van der Waals surface area contributed by atoms with Crippen LogP contribution in [0.1, 0.15) is 33.1 Å². The normalized spacial score (nSPS) is 36.0. The maximum Gasteiger partial charge on any atom is 0.307 e. The smallest absolute Gasteiger partial charge is 0.307 e. The second kappa shape index (κ2) is 4.88. The highest BCUT2D eigenvalue weighted by molar-refractivity contribution is 5.86. The first-order valence-electron chi connectivity index (χ1n) is 6.62. The molecule has 2 aliphatic rings. The molecule has 5 nitrogen and oxygen atoms in total. The number of carboxylic acid groups (broad SMARTS) is 1. The largest absolute Gasteiger partial charge is 0.481 e. The number of hydrogen-bond acceptors (Lipinski definition) is 3. The Morgan fingerprint density at radius 1 is 1.39 bits per heavy atom. The Kier molecular flexibility index (Phi) is 3.61. The zero-order valence-corrected chi connectivity index (χ0v) is 11.0. The highest BCUT2D eigenvalue weighted by Gasteiger charge is 2.44. The molecule has 1 aliphatic heterocycles. The first-order valence-corrected chi connectivity index (χ1v) is 6.62. The molecule has 0 radical (unpaired) electrons. The van der Waals surface area contributed by atoms with Gasteiger partial charge >= 0.3 is 5.97 Å². The number of nitrogens with zero attached hydrogens (tertiary/aromatic N) is 1. The van der Waals surface area contributed by atoms with Gasteiger partial charge in [-0.25, -0.2) is 0 Å². The third-order valence-electron chi connectivity index (χ3n) is 4.31. The molecule has 1 saturated carbocycles. The van der Waals surface area contributed by atoms with Gasteiger partial charge < -0.3 is 14.7 Å². The molecular formula is C13H21NO4. The van der Waals surface area contributed by atoms with Crippen molar-refractivity contribution in [3.05, 3.63) is 0 Å². The lowest BCUT2D eigenvalue weighted by Gasteiger charge is -2.43. The van der Waals surface area contributed by atoms with E-state index in [-0.39, 0.29) is 17.4 Å². The maximum absolute atomic E-state index is 12.3. The van der Waals surface area contributed by atoms with Gasteiger partial charge in [-0.2, -0.15) is 0 Å². The van der Waals surface area contributed by atoms with Gasteiger partial charge in [0.15, 0.2) is 0 Å². The predicted molar refractivity (Wildman–Crippen MR) is 65.1 cm³/mol. The summed E-state index contributed by atoms with van der Waals surface area (Å²) in [7, 11) is 0. The van der Waals surface area contributed by atoms with Crippen molar-refractivity contribution >= 4 is 11.9 Å². The molecule has 3 atom stereocenters. The van der Waals surface area contributed by atoms with Crippen molar-refractivity contribution in [2.75, 3.05) is 19.7 Å². The highest BCUT2D eigenvalue weighted by atomic mass is 16.5. The number of morpholine rings is 1. The van der Waals surface area contributed by atoms with E-state index in [9.17, 15) is 9.59 Å². The summed E-state index contributed by atoms with van der Waals surface area (Å²) in [5.74, 6) is -1.64. The Bertz CT molecular complexity index is 357. The molecule has 1 heterocycles. The summed E-state index contributed by atoms with van der Waals surface area (Å²) in [6.07, 6.45) is 2.18. The number of ether oxygens (including phenoxy) is 1. The Balaban J connectivity index is 1.99. The van der Waals surface area contributed by atoms with Gasteiger partial charge in [-0.05, 0) is 26.2 Å². The van der Waals surface area contributed by atoms with Gasteiger partial charge in [-0.15, -0.1) is 0 Å². The van der Waals surface area contributed by atoms with E-state index >= 15 is 0 Å². The van der Waals surface area contributed by atoms with Crippen LogP contribution in [0.2, 0.25) is 0 Å². The topological polar surface area (TPSA) is 66.8 Å². The molecule has 2 rings (SSSR count). The molecule has 3 unspecified atom stereocenters. The van der Waals surface area contributed by atoms with Crippen LogP contribution in [0.25, 0.3) is 0 Å². The van der Waals surface area contributed by atoms with Crippen LogP contribution in [-0.4, -0.2) is 47.2 Å². The highest BCUT2D eigenvalue weighted by Crippen LogP contribution is 2.36. The maximum atomic E-state index is 12.3. The molecule has 0 aromatic carbocycles. The van der Waals surface area contributed by atoms with E-state index in [2.05, 4.69) is 0 Å². The van der Waals surface area contributed by atoms with Crippen LogP contribution in [0.5, 0.6) is 0 Å². The minimum atomic E-state index is -0.842. The van der Waals surface area contributed by atoms with Gasteiger partial charge in [0.05, 0.1) is 24.0 Å². The minimum absolute atomic E-state index is 0.00312. The van der Waals surface area contributed by atoms with Gasteiger partial charge in [-0.3, -0.25) is 9.59 Å². The number of carboxylic acids is 1. The first-order chi connectivity index (χ1) is 8.47. The van der Waals surface area contributed by atoms with Crippen LogP contribution >= 0.6 is 0 Å². The van der Waals surface area contributed by atoms with Crippen LogP contribution in [0.4, 0.5) is 0 Å². The van der Waals surface area contributed by atoms with Crippen LogP contribution < -0.4 is 0 Å². The number of rotatable bonds is 3. The third-order valence-corrected chi connectivity index (χ3v) is 4.31. The molecule has 18 heavy (non-hydrogen) atoms. The van der Waals surface area contributed by atoms with Gasteiger partial charge in [0.1, 0.15) is 0 Å². The average Bonchev–Trinajstić information content (AvgIpc) is 2.27. The summed E-state index contributed by atoms with van der Waals surface area (Å²) in [6.45, 7) is 5.74. The van der Waals surface area contributed by atoms with Crippen LogP contribution in [0.3, 0.4) is 0 Å². The lowest BCUT2D eigenvalue weighted by molar-refractivity contribution is -0.164. The fourth-order valence-electron chi connectivity index (χ4n) is 2.66. The van der Waals surface area contributed by atoms with Crippen molar-refractivity contribution in [2.24, 2.45) is 11.8 Å². The standard InChI is InChI=1S/C13H21NO4/c1-3-13(2)8-14(6-7-18-13)11(15)9-4-5-10(9)12(16)17/h9-10H,3-8H2,1-2H3,(H,16,17). The lowest BCUT2D eigenvalue weighted by Crippen LogP contribution is -2.55. The monoisotopic (exact) mass is 255 g/mol. The quantitative estimate of drug-likeness (QED) is 0.820. The van der Waals surface area contributed by atoms with E-state index in [4.69, 9.17) is 9.84 Å². The minimum Gasteiger partial charge on any atom is -0.481 e. The molecule has 5 heteroatoms. The van der Waals surface area contributed by atoms with E-state index < -0.39 is 11.9 Å². The zero-order chi connectivity index (χ0) is 13.3. The molecule has 0 bridgehead atoms. The third kappa shape index (κ3) is 2.36. The first kappa shape index (κ1) is 13.3. The molecule has 1 N–H and O–H groups in total. The summed E-state index contributed by atoms with van der Waals surface area (Å²) >= 11 is 0. The SMILES string of the molecule is CCC1(C)CN(C(=O)C2CCC2C(=O)O)CCO1. The van der Waals surface area contributed by atoms with Crippen molar-refractivity contribution in [3.63, 3.8) is 0 Å². The van der Waals surface area contributed by atoms with E-state index in [1.165, 1.54) is 0 Å². The summed E-state index contributed by atoms with van der Waals surface area (Å²) in [4.78, 5) is 25.1.